The number of anilines is 1. The van der Waals surface area contributed by atoms with Gasteiger partial charge in [-0.25, -0.2) is 18.1 Å². The number of benzene rings is 2. The standard InChI is InChI=1S/C34H43N5O4S.ClH/c1-21(2)13-26-18-43-30-15-29(31-23(5)9-7-10-24(31)6)35-33(36-30)37-44(41,42)28-12-8-11-25(14-28)32(40)39(26)27-16-34(17-27)19-38(20-34)22(3)4;/h7-12,14-15,21-22,26-27H,13,16-20H2,1-6H3,(H,35,36,37);1H/t26-;/m1./s1. The van der Waals surface area contributed by atoms with Gasteiger partial charge in [0.25, 0.3) is 15.9 Å². The molecular formula is C34H44ClN5O4S. The summed E-state index contributed by atoms with van der Waals surface area (Å²) < 4.78 is 36.2. The van der Waals surface area contributed by atoms with Crippen LogP contribution in [0.3, 0.4) is 0 Å². The quantitative estimate of drug-likeness (QED) is 0.355. The van der Waals surface area contributed by atoms with E-state index in [9.17, 15) is 13.2 Å². The van der Waals surface area contributed by atoms with Crippen LogP contribution >= 0.6 is 12.4 Å². The number of nitrogens with one attached hydrogen (secondary N) is 1. The van der Waals surface area contributed by atoms with Crippen molar-refractivity contribution in [1.29, 1.82) is 0 Å². The summed E-state index contributed by atoms with van der Waals surface area (Å²) in [5.74, 6) is 0.334. The van der Waals surface area contributed by atoms with Crippen LogP contribution in [-0.4, -0.2) is 71.9 Å². The van der Waals surface area contributed by atoms with Gasteiger partial charge in [-0.2, -0.15) is 4.98 Å². The van der Waals surface area contributed by atoms with Gasteiger partial charge in [0.2, 0.25) is 11.8 Å². The van der Waals surface area contributed by atoms with E-state index in [4.69, 9.17) is 4.74 Å². The van der Waals surface area contributed by atoms with Crippen molar-refractivity contribution >= 4 is 34.3 Å². The summed E-state index contributed by atoms with van der Waals surface area (Å²) in [7, 11) is -4.10. The number of ether oxygens (including phenoxy) is 1. The Bertz CT molecular complexity index is 1660. The van der Waals surface area contributed by atoms with Gasteiger partial charge in [-0.1, -0.05) is 38.1 Å². The molecule has 2 fully saturated rings. The van der Waals surface area contributed by atoms with Crippen molar-refractivity contribution in [3.63, 3.8) is 0 Å². The van der Waals surface area contributed by atoms with E-state index in [2.05, 4.69) is 47.3 Å². The second kappa shape index (κ2) is 12.5. The number of nitrogens with zero attached hydrogens (tertiary/aromatic N) is 4. The summed E-state index contributed by atoms with van der Waals surface area (Å²) in [5, 5.41) is 0. The fourth-order valence-electron chi connectivity index (χ4n) is 7.21. The summed E-state index contributed by atoms with van der Waals surface area (Å²) in [6.07, 6.45) is 2.61. The third-order valence-corrected chi connectivity index (χ3v) is 10.7. The predicted molar refractivity (Wildman–Crippen MR) is 179 cm³/mol. The molecular weight excluding hydrogens is 610 g/mol. The van der Waals surface area contributed by atoms with Crippen LogP contribution in [0.15, 0.2) is 53.4 Å². The molecule has 1 atom stereocenters. The second-order valence-electron chi connectivity index (χ2n) is 13.7. The minimum Gasteiger partial charge on any atom is -0.475 e. The summed E-state index contributed by atoms with van der Waals surface area (Å²) in [6.45, 7) is 15.1. The number of hydrogen-bond donors (Lipinski definition) is 1. The van der Waals surface area contributed by atoms with Gasteiger partial charge in [-0.15, -0.1) is 12.4 Å². The molecule has 0 radical (unpaired) electrons. The minimum absolute atomic E-state index is 0. The van der Waals surface area contributed by atoms with Gasteiger partial charge in [0, 0.05) is 42.4 Å². The molecule has 2 aromatic carbocycles. The van der Waals surface area contributed by atoms with Crippen molar-refractivity contribution in [1.82, 2.24) is 19.8 Å². The first kappa shape index (κ1) is 33.2. The Morgan fingerprint density at radius 2 is 1.67 bits per heavy atom. The predicted octanol–water partition coefficient (Wildman–Crippen LogP) is 6.11. The van der Waals surface area contributed by atoms with E-state index >= 15 is 0 Å². The Kier molecular flexibility index (Phi) is 9.23. The monoisotopic (exact) mass is 653 g/mol. The van der Waals surface area contributed by atoms with Crippen LogP contribution in [0.5, 0.6) is 5.88 Å². The first-order valence-corrected chi connectivity index (χ1v) is 17.1. The van der Waals surface area contributed by atoms with Crippen LogP contribution in [0.2, 0.25) is 0 Å². The van der Waals surface area contributed by atoms with E-state index < -0.39 is 10.0 Å². The molecule has 3 aliphatic rings. The smallest absolute Gasteiger partial charge is 0.264 e. The first-order chi connectivity index (χ1) is 20.8. The number of carbonyl (C=O) groups excluding carboxylic acids is 1. The van der Waals surface area contributed by atoms with E-state index in [1.807, 2.05) is 36.9 Å². The molecule has 3 aromatic rings. The average molecular weight is 654 g/mol. The van der Waals surface area contributed by atoms with Crippen LogP contribution in [0.1, 0.15) is 68.4 Å². The number of fused-ring (bicyclic) bond motifs is 4. The molecule has 1 amide bonds. The molecule has 3 heterocycles. The number of amides is 1. The van der Waals surface area contributed by atoms with E-state index in [1.165, 1.54) is 12.1 Å². The molecule has 1 saturated heterocycles. The maximum absolute atomic E-state index is 14.4. The second-order valence-corrected chi connectivity index (χ2v) is 15.4. The molecule has 2 aliphatic heterocycles. The average Bonchev–Trinajstić information content (AvgIpc) is 2.90. The lowest BCUT2D eigenvalue weighted by atomic mass is 9.59. The Balaban J connectivity index is 0.00000400. The van der Waals surface area contributed by atoms with Gasteiger partial charge in [0.1, 0.15) is 6.61 Å². The third kappa shape index (κ3) is 6.55. The van der Waals surface area contributed by atoms with Gasteiger partial charge in [0.15, 0.2) is 0 Å². The summed E-state index contributed by atoms with van der Waals surface area (Å²) >= 11 is 0. The Hall–Kier alpha value is -3.21. The van der Waals surface area contributed by atoms with Crippen molar-refractivity contribution in [2.45, 2.75) is 83.8 Å². The third-order valence-electron chi connectivity index (χ3n) is 9.39. The zero-order valence-electron chi connectivity index (χ0n) is 26.9. The minimum atomic E-state index is -4.10. The Labute approximate surface area is 273 Å². The number of carbonyl (C=O) groups is 1. The maximum atomic E-state index is 14.4. The lowest BCUT2D eigenvalue weighted by Gasteiger charge is -2.63. The molecule has 11 heteroatoms. The van der Waals surface area contributed by atoms with Gasteiger partial charge in [0.05, 0.1) is 16.6 Å². The van der Waals surface area contributed by atoms with Gasteiger partial charge >= 0.3 is 0 Å². The maximum Gasteiger partial charge on any atom is 0.264 e. The van der Waals surface area contributed by atoms with Crippen LogP contribution in [-0.2, 0) is 10.0 Å². The van der Waals surface area contributed by atoms with Crippen molar-refractivity contribution in [3.8, 4) is 17.1 Å². The number of hydrogen-bond acceptors (Lipinski definition) is 7. The number of sulfonamides is 1. The van der Waals surface area contributed by atoms with Crippen LogP contribution in [0, 0.1) is 25.2 Å². The van der Waals surface area contributed by atoms with Gasteiger partial charge in [-0.3, -0.25) is 9.69 Å². The molecule has 9 nitrogen and oxygen atoms in total. The lowest BCUT2D eigenvalue weighted by Crippen LogP contribution is -2.69. The number of likely N-dealkylation sites (tertiary alicyclic amines) is 1. The van der Waals surface area contributed by atoms with Crippen LogP contribution < -0.4 is 9.46 Å². The molecule has 1 N–H and O–H groups in total. The molecule has 1 spiro atoms. The fraction of sp³-hybridized carbons (Fsp3) is 0.500. The molecule has 6 rings (SSSR count). The largest absolute Gasteiger partial charge is 0.475 e. The normalized spacial score (nSPS) is 21.0. The van der Waals surface area contributed by atoms with Crippen molar-refractivity contribution < 1.29 is 17.9 Å². The topological polar surface area (TPSA) is 105 Å². The highest BCUT2D eigenvalue weighted by molar-refractivity contribution is 7.92. The molecule has 4 bridgehead atoms. The number of rotatable bonds is 5. The van der Waals surface area contributed by atoms with E-state index in [-0.39, 0.29) is 59.1 Å². The van der Waals surface area contributed by atoms with Crippen LogP contribution in [0.25, 0.3) is 11.3 Å². The molecule has 1 aromatic heterocycles. The highest BCUT2D eigenvalue weighted by atomic mass is 35.5. The highest BCUT2D eigenvalue weighted by Gasteiger charge is 2.55. The van der Waals surface area contributed by atoms with Crippen LogP contribution in [0.4, 0.5) is 5.95 Å². The molecule has 45 heavy (non-hydrogen) atoms. The fourth-order valence-corrected chi connectivity index (χ4v) is 8.20. The summed E-state index contributed by atoms with van der Waals surface area (Å²) in [6, 6.07) is 14.4. The Morgan fingerprint density at radius 1 is 1.00 bits per heavy atom. The van der Waals surface area contributed by atoms with E-state index in [1.54, 1.807) is 18.2 Å². The first-order valence-electron chi connectivity index (χ1n) is 15.6. The van der Waals surface area contributed by atoms with Crippen molar-refractivity contribution in [3.05, 3.63) is 65.2 Å². The lowest BCUT2D eigenvalue weighted by molar-refractivity contribution is -0.121. The van der Waals surface area contributed by atoms with E-state index in [0.29, 0.717) is 23.2 Å². The van der Waals surface area contributed by atoms with Crippen molar-refractivity contribution in [2.24, 2.45) is 11.3 Å². The molecule has 242 valence electrons. The molecule has 1 aliphatic carbocycles. The summed E-state index contributed by atoms with van der Waals surface area (Å²) in [4.78, 5) is 27.9. The SMILES string of the molecule is Cc1cccc(C)c1-c1cc2nc(n1)NS(=O)(=O)c1cccc(c1)C(=O)N(C1CC3(C1)CN(C(C)C)C3)[C@H](CC(C)C)CO2.Cl. The Morgan fingerprint density at radius 3 is 2.31 bits per heavy atom. The zero-order valence-corrected chi connectivity index (χ0v) is 28.5. The molecule has 0 unspecified atom stereocenters. The number of aromatic nitrogens is 2. The number of halogens is 1. The van der Waals surface area contributed by atoms with Crippen molar-refractivity contribution in [2.75, 3.05) is 24.4 Å². The highest BCUT2D eigenvalue weighted by Crippen LogP contribution is 2.51. The number of aryl methyl sites for hydroxylation is 2. The summed E-state index contributed by atoms with van der Waals surface area (Å²) in [5.41, 5.74) is 4.09. The molecule has 1 saturated carbocycles. The van der Waals surface area contributed by atoms with Gasteiger partial charge < -0.3 is 9.64 Å². The van der Waals surface area contributed by atoms with E-state index in [0.717, 1.165) is 49.0 Å². The van der Waals surface area contributed by atoms with Gasteiger partial charge in [-0.05, 0) is 87.6 Å². The zero-order chi connectivity index (χ0) is 31.4.